The van der Waals surface area contributed by atoms with Gasteiger partial charge in [0.1, 0.15) is 0 Å². The van der Waals surface area contributed by atoms with E-state index >= 15 is 0 Å². The minimum atomic E-state index is 0. The third kappa shape index (κ3) is 4.66. The third-order valence-corrected chi connectivity index (χ3v) is 4.36. The van der Waals surface area contributed by atoms with Gasteiger partial charge < -0.3 is 17.3 Å². The summed E-state index contributed by atoms with van der Waals surface area (Å²) >= 11 is 3.37. The Kier molecular flexibility index (Phi) is 6.37. The molecule has 0 aliphatic carbocycles. The number of hydrogen-bond donors (Lipinski definition) is 0. The van der Waals surface area contributed by atoms with E-state index in [9.17, 15) is 4.79 Å². The lowest BCUT2D eigenvalue weighted by Crippen LogP contribution is -3.00. The third-order valence-electron chi connectivity index (χ3n) is 3.83. The van der Waals surface area contributed by atoms with Crippen molar-refractivity contribution in [3.63, 3.8) is 0 Å². The van der Waals surface area contributed by atoms with Gasteiger partial charge in [0.15, 0.2) is 24.4 Å². The molecule has 2 aromatic rings. The van der Waals surface area contributed by atoms with E-state index in [1.165, 1.54) is 18.5 Å². The molecule has 0 atom stereocenters. The van der Waals surface area contributed by atoms with E-state index in [0.29, 0.717) is 5.56 Å². The van der Waals surface area contributed by atoms with Crippen LogP contribution in [-0.4, -0.2) is 18.9 Å². The first-order valence-corrected chi connectivity index (χ1v) is 8.25. The maximum absolute atomic E-state index is 12.1. The number of aromatic nitrogens is 1. The average molecular weight is 394 g/mol. The molecule has 2 heterocycles. The fourth-order valence-electron chi connectivity index (χ4n) is 2.58. The number of allylic oxidation sites excluding steroid dienone is 1. The Hall–Kier alpha value is -1.65. The van der Waals surface area contributed by atoms with Crippen molar-refractivity contribution in [3.8, 4) is 0 Å². The van der Waals surface area contributed by atoms with Crippen molar-refractivity contribution in [2.75, 3.05) is 18.0 Å². The molecule has 120 valence electrons. The minimum absolute atomic E-state index is 0. The summed E-state index contributed by atoms with van der Waals surface area (Å²) in [6, 6.07) is 11.6. The minimum Gasteiger partial charge on any atom is -1.00 e. The normalized spacial score (nSPS) is 14.0. The van der Waals surface area contributed by atoms with Gasteiger partial charge in [-0.05, 0) is 37.1 Å². The SMILES string of the molecule is O=C(/C=C/[n+]1ccc(N2CCCC2)cc1)c1ccc(Br)cc1.[Cl-]. The molecule has 23 heavy (non-hydrogen) atoms. The largest absolute Gasteiger partial charge is 1.00 e. The second-order valence-corrected chi connectivity index (χ2v) is 6.30. The van der Waals surface area contributed by atoms with Gasteiger partial charge in [-0.3, -0.25) is 4.79 Å². The summed E-state index contributed by atoms with van der Waals surface area (Å²) in [6.07, 6.45) is 9.90. The molecule has 5 heteroatoms. The summed E-state index contributed by atoms with van der Waals surface area (Å²) in [5.74, 6) is 0.00335. The Morgan fingerprint density at radius 2 is 1.65 bits per heavy atom. The zero-order chi connectivity index (χ0) is 15.4. The lowest BCUT2D eigenvalue weighted by molar-refractivity contribution is -0.568. The van der Waals surface area contributed by atoms with E-state index < -0.39 is 0 Å². The highest BCUT2D eigenvalue weighted by atomic mass is 79.9. The van der Waals surface area contributed by atoms with Crippen LogP contribution < -0.4 is 21.9 Å². The molecule has 1 fully saturated rings. The van der Waals surface area contributed by atoms with Crippen molar-refractivity contribution in [3.05, 3.63) is 64.9 Å². The first-order chi connectivity index (χ1) is 10.7. The highest BCUT2D eigenvalue weighted by Crippen LogP contribution is 2.18. The van der Waals surface area contributed by atoms with Crippen LogP contribution in [-0.2, 0) is 0 Å². The summed E-state index contributed by atoms with van der Waals surface area (Å²) in [5.41, 5.74) is 1.94. The number of hydrogen-bond acceptors (Lipinski definition) is 2. The van der Waals surface area contributed by atoms with Crippen molar-refractivity contribution < 1.29 is 21.8 Å². The predicted octanol–water partition coefficient (Wildman–Crippen LogP) is 0.694. The topological polar surface area (TPSA) is 24.2 Å². The van der Waals surface area contributed by atoms with Gasteiger partial charge in [0.2, 0.25) is 0 Å². The molecule has 3 nitrogen and oxygen atoms in total. The van der Waals surface area contributed by atoms with Crippen LogP contribution in [0.2, 0.25) is 0 Å². The van der Waals surface area contributed by atoms with E-state index in [1.54, 1.807) is 12.3 Å². The first kappa shape index (κ1) is 17.7. The van der Waals surface area contributed by atoms with Crippen molar-refractivity contribution in [1.82, 2.24) is 0 Å². The number of nitrogens with zero attached hydrogens (tertiary/aromatic N) is 2. The van der Waals surface area contributed by atoms with E-state index in [0.717, 1.165) is 17.6 Å². The lowest BCUT2D eigenvalue weighted by Gasteiger charge is -2.15. The van der Waals surface area contributed by atoms with Crippen LogP contribution >= 0.6 is 15.9 Å². The Bertz CT molecular complexity index is 677. The maximum Gasteiger partial charge on any atom is 0.191 e. The van der Waals surface area contributed by atoms with Gasteiger partial charge in [-0.2, -0.15) is 4.57 Å². The van der Waals surface area contributed by atoms with Crippen molar-refractivity contribution in [2.24, 2.45) is 0 Å². The quantitative estimate of drug-likeness (QED) is 0.434. The predicted molar refractivity (Wildman–Crippen MR) is 91.9 cm³/mol. The summed E-state index contributed by atoms with van der Waals surface area (Å²) < 4.78 is 2.87. The smallest absolute Gasteiger partial charge is 0.191 e. The van der Waals surface area contributed by atoms with Crippen molar-refractivity contribution in [2.45, 2.75) is 12.8 Å². The van der Waals surface area contributed by atoms with Gasteiger partial charge in [0, 0.05) is 40.9 Å². The number of rotatable bonds is 4. The molecule has 1 aliphatic rings. The molecule has 3 rings (SSSR count). The standard InChI is InChI=1S/C18H18BrN2O.ClH/c19-16-5-3-15(4-6-16)18(22)9-14-20-12-7-17(8-13-20)21-10-1-2-11-21;/h3-9,12-14H,1-2,10-11H2;1H/q+1;/p-1/b14-9+;. The van der Waals surface area contributed by atoms with E-state index in [-0.39, 0.29) is 18.2 Å². The Labute approximate surface area is 151 Å². The molecule has 0 spiro atoms. The Morgan fingerprint density at radius 3 is 2.26 bits per heavy atom. The zero-order valence-corrected chi connectivity index (χ0v) is 15.0. The number of ketones is 1. The number of pyridine rings is 1. The second kappa shape index (κ2) is 8.27. The van der Waals surface area contributed by atoms with Gasteiger partial charge in [0.25, 0.3) is 0 Å². The summed E-state index contributed by atoms with van der Waals surface area (Å²) in [5, 5.41) is 0. The van der Waals surface area contributed by atoms with E-state index in [4.69, 9.17) is 0 Å². The van der Waals surface area contributed by atoms with Gasteiger partial charge in [0.05, 0.1) is 6.08 Å². The van der Waals surface area contributed by atoms with Crippen LogP contribution in [0.25, 0.3) is 6.20 Å². The number of carbonyl (C=O) groups is 1. The van der Waals surface area contributed by atoms with Gasteiger partial charge in [-0.15, -0.1) is 0 Å². The fourth-order valence-corrected chi connectivity index (χ4v) is 2.84. The van der Waals surface area contributed by atoms with Crippen LogP contribution in [0.5, 0.6) is 0 Å². The number of carbonyl (C=O) groups excluding carboxylic acids is 1. The first-order valence-electron chi connectivity index (χ1n) is 7.46. The van der Waals surface area contributed by atoms with Crippen LogP contribution in [0.15, 0.2) is 59.3 Å². The Balaban J connectivity index is 0.00000192. The van der Waals surface area contributed by atoms with E-state index in [2.05, 4.69) is 33.0 Å². The Morgan fingerprint density at radius 1 is 1.04 bits per heavy atom. The number of halogens is 2. The zero-order valence-electron chi connectivity index (χ0n) is 12.7. The molecule has 0 saturated carbocycles. The second-order valence-electron chi connectivity index (χ2n) is 5.38. The lowest BCUT2D eigenvalue weighted by atomic mass is 10.1. The molecule has 0 unspecified atom stereocenters. The van der Waals surface area contributed by atoms with Crippen LogP contribution in [0.1, 0.15) is 23.2 Å². The molecule has 0 radical (unpaired) electrons. The molecule has 1 aliphatic heterocycles. The van der Waals surface area contributed by atoms with Crippen molar-refractivity contribution >= 4 is 33.6 Å². The summed E-state index contributed by atoms with van der Waals surface area (Å²) in [6.45, 7) is 2.28. The van der Waals surface area contributed by atoms with Gasteiger partial charge >= 0.3 is 0 Å². The van der Waals surface area contributed by atoms with E-state index in [1.807, 2.05) is 41.2 Å². The van der Waals surface area contributed by atoms with Crippen molar-refractivity contribution in [1.29, 1.82) is 0 Å². The summed E-state index contributed by atoms with van der Waals surface area (Å²) in [7, 11) is 0. The van der Waals surface area contributed by atoms with Crippen LogP contribution in [0.3, 0.4) is 0 Å². The monoisotopic (exact) mass is 392 g/mol. The molecule has 1 saturated heterocycles. The number of benzene rings is 1. The highest BCUT2D eigenvalue weighted by Gasteiger charge is 2.13. The average Bonchev–Trinajstić information content (AvgIpc) is 3.08. The number of anilines is 1. The fraction of sp³-hybridized carbons (Fsp3) is 0.222. The molecule has 1 aromatic carbocycles. The molecular weight excluding hydrogens is 376 g/mol. The molecule has 0 amide bonds. The molecule has 1 aromatic heterocycles. The summed E-state index contributed by atoms with van der Waals surface area (Å²) in [4.78, 5) is 14.5. The molecule has 0 bridgehead atoms. The van der Waals surface area contributed by atoms with Crippen LogP contribution in [0.4, 0.5) is 5.69 Å². The molecular formula is C18H18BrClN2O. The van der Waals surface area contributed by atoms with Gasteiger partial charge in [-0.1, -0.05) is 15.9 Å². The van der Waals surface area contributed by atoms with Gasteiger partial charge in [-0.25, -0.2) is 0 Å². The van der Waals surface area contributed by atoms with Crippen LogP contribution in [0, 0.1) is 0 Å². The molecule has 0 N–H and O–H groups in total. The highest BCUT2D eigenvalue weighted by molar-refractivity contribution is 9.10. The maximum atomic E-state index is 12.1.